The molecule has 3 saturated carbocycles. The molecule has 2 nitrogen and oxygen atoms in total. The molecule has 6 atom stereocenters. The van der Waals surface area contributed by atoms with Crippen LogP contribution in [0, 0.1) is 35.0 Å². The van der Waals surface area contributed by atoms with E-state index in [4.69, 9.17) is 4.74 Å². The molecule has 116 valence electrons. The van der Waals surface area contributed by atoms with Gasteiger partial charge < -0.3 is 9.84 Å². The summed E-state index contributed by atoms with van der Waals surface area (Å²) in [7, 11) is 0. The van der Waals surface area contributed by atoms with E-state index in [1.807, 2.05) is 0 Å². The van der Waals surface area contributed by atoms with E-state index in [2.05, 4.69) is 27.7 Å². The fraction of sp³-hybridized carbons (Fsp3) is 1.00. The number of rotatable bonds is 5. The molecule has 3 rings (SSSR count). The summed E-state index contributed by atoms with van der Waals surface area (Å²) in [6, 6.07) is 0. The van der Waals surface area contributed by atoms with Gasteiger partial charge in [-0.1, -0.05) is 34.1 Å². The topological polar surface area (TPSA) is 29.5 Å². The predicted octanol–water partition coefficient (Wildman–Crippen LogP) is 4.22. The molecule has 0 amide bonds. The second kappa shape index (κ2) is 5.28. The van der Waals surface area contributed by atoms with Crippen LogP contribution in [0.4, 0.5) is 0 Å². The van der Waals surface area contributed by atoms with Gasteiger partial charge in [-0.3, -0.25) is 0 Å². The Morgan fingerprint density at radius 1 is 1.10 bits per heavy atom. The summed E-state index contributed by atoms with van der Waals surface area (Å²) in [5.41, 5.74) is -0.134. The fourth-order valence-corrected chi connectivity index (χ4v) is 5.66. The van der Waals surface area contributed by atoms with Crippen molar-refractivity contribution in [3.05, 3.63) is 0 Å². The molecule has 3 aliphatic rings. The van der Waals surface area contributed by atoms with Crippen molar-refractivity contribution in [1.82, 2.24) is 0 Å². The van der Waals surface area contributed by atoms with Crippen molar-refractivity contribution in [2.75, 3.05) is 0 Å². The Morgan fingerprint density at radius 3 is 2.50 bits per heavy atom. The van der Waals surface area contributed by atoms with Gasteiger partial charge in [0.1, 0.15) is 0 Å². The molecule has 0 spiro atoms. The van der Waals surface area contributed by atoms with Crippen molar-refractivity contribution < 1.29 is 9.84 Å². The maximum Gasteiger partial charge on any atom is 0.160 e. The van der Waals surface area contributed by atoms with Gasteiger partial charge in [0.25, 0.3) is 0 Å². The minimum atomic E-state index is -0.603. The maximum atomic E-state index is 10.5. The van der Waals surface area contributed by atoms with Crippen LogP contribution in [0.3, 0.4) is 0 Å². The molecule has 0 aromatic heterocycles. The maximum absolute atomic E-state index is 10.5. The van der Waals surface area contributed by atoms with Gasteiger partial charge in [-0.15, -0.1) is 0 Å². The van der Waals surface area contributed by atoms with E-state index in [1.165, 1.54) is 32.1 Å². The van der Waals surface area contributed by atoms with Gasteiger partial charge in [0, 0.05) is 5.41 Å². The Hall–Kier alpha value is -0.0800. The summed E-state index contributed by atoms with van der Waals surface area (Å²) in [6.07, 6.45) is 7.63. The van der Waals surface area contributed by atoms with Gasteiger partial charge in [-0.2, -0.15) is 0 Å². The lowest BCUT2D eigenvalue weighted by atomic mass is 9.79. The van der Waals surface area contributed by atoms with Gasteiger partial charge in [-0.05, 0) is 61.7 Å². The van der Waals surface area contributed by atoms with E-state index in [0.717, 1.165) is 30.1 Å². The van der Waals surface area contributed by atoms with Crippen LogP contribution in [-0.4, -0.2) is 17.5 Å². The van der Waals surface area contributed by atoms with Crippen molar-refractivity contribution in [2.45, 2.75) is 78.6 Å². The molecular weight excluding hydrogens is 248 g/mol. The first-order chi connectivity index (χ1) is 9.38. The molecule has 0 aromatic rings. The van der Waals surface area contributed by atoms with E-state index in [-0.39, 0.29) is 5.41 Å². The predicted molar refractivity (Wildman–Crippen MR) is 81.2 cm³/mol. The van der Waals surface area contributed by atoms with E-state index >= 15 is 0 Å². The Balaban J connectivity index is 1.59. The first-order valence-electron chi connectivity index (χ1n) is 8.72. The van der Waals surface area contributed by atoms with Gasteiger partial charge >= 0.3 is 0 Å². The van der Waals surface area contributed by atoms with Crippen LogP contribution in [0.2, 0.25) is 0 Å². The second-order valence-corrected chi connectivity index (χ2v) is 8.77. The lowest BCUT2D eigenvalue weighted by molar-refractivity contribution is -0.210. The molecule has 3 fully saturated rings. The molecule has 0 radical (unpaired) electrons. The summed E-state index contributed by atoms with van der Waals surface area (Å²) in [5.74, 6) is 4.16. The highest BCUT2D eigenvalue weighted by Gasteiger charge is 2.55. The Bertz CT molecular complexity index is 349. The molecule has 2 heteroatoms. The summed E-state index contributed by atoms with van der Waals surface area (Å²) in [5, 5.41) is 10.5. The summed E-state index contributed by atoms with van der Waals surface area (Å²) < 4.78 is 6.17. The van der Waals surface area contributed by atoms with Crippen LogP contribution in [-0.2, 0) is 4.74 Å². The van der Waals surface area contributed by atoms with Crippen molar-refractivity contribution in [3.63, 3.8) is 0 Å². The highest BCUT2D eigenvalue weighted by Crippen LogP contribution is 2.59. The van der Waals surface area contributed by atoms with Crippen molar-refractivity contribution >= 4 is 0 Å². The fourth-order valence-electron chi connectivity index (χ4n) is 5.66. The number of hydrogen-bond acceptors (Lipinski definition) is 2. The molecule has 3 aliphatic carbocycles. The molecular formula is C18H32O2. The standard InChI is InChI=1S/C18H32O2/c1-11(2)10-18(3,4)17(19)20-16-9-12-8-15(16)14-7-5-6-13(12)14/h11-17,19H,5-10H2,1-4H3. The highest BCUT2D eigenvalue weighted by atomic mass is 16.6. The Morgan fingerprint density at radius 2 is 1.80 bits per heavy atom. The van der Waals surface area contributed by atoms with Gasteiger partial charge in [0.2, 0.25) is 0 Å². The van der Waals surface area contributed by atoms with Crippen LogP contribution in [0.1, 0.15) is 66.2 Å². The lowest BCUT2D eigenvalue weighted by Crippen LogP contribution is -2.40. The summed E-state index contributed by atoms with van der Waals surface area (Å²) in [4.78, 5) is 0. The Kier molecular flexibility index (Phi) is 3.92. The monoisotopic (exact) mass is 280 g/mol. The zero-order chi connectivity index (χ0) is 14.5. The third-order valence-corrected chi connectivity index (χ3v) is 6.27. The lowest BCUT2D eigenvalue weighted by Gasteiger charge is -2.38. The summed E-state index contributed by atoms with van der Waals surface area (Å²) in [6.45, 7) is 8.72. The van der Waals surface area contributed by atoms with E-state index in [9.17, 15) is 5.11 Å². The molecule has 0 saturated heterocycles. The largest absolute Gasteiger partial charge is 0.367 e. The molecule has 0 aliphatic heterocycles. The van der Waals surface area contributed by atoms with E-state index < -0.39 is 6.29 Å². The van der Waals surface area contributed by atoms with E-state index in [1.54, 1.807) is 0 Å². The number of hydrogen-bond donors (Lipinski definition) is 1. The zero-order valence-electron chi connectivity index (χ0n) is 13.6. The average molecular weight is 280 g/mol. The van der Waals surface area contributed by atoms with Crippen LogP contribution < -0.4 is 0 Å². The number of fused-ring (bicyclic) bond motifs is 5. The van der Waals surface area contributed by atoms with Crippen molar-refractivity contribution in [2.24, 2.45) is 35.0 Å². The third kappa shape index (κ3) is 2.54. The highest BCUT2D eigenvalue weighted by molar-refractivity contribution is 5.03. The molecule has 0 aromatic carbocycles. The Labute approximate surface area is 124 Å². The molecule has 0 heterocycles. The van der Waals surface area contributed by atoms with Crippen LogP contribution >= 0.6 is 0 Å². The van der Waals surface area contributed by atoms with Crippen molar-refractivity contribution in [3.8, 4) is 0 Å². The molecule has 20 heavy (non-hydrogen) atoms. The molecule has 6 unspecified atom stereocenters. The molecule has 1 N–H and O–H groups in total. The SMILES string of the molecule is CC(C)CC(C)(C)C(O)OC1CC2CC1C1CCCC21. The van der Waals surface area contributed by atoms with Gasteiger partial charge in [0.05, 0.1) is 6.10 Å². The quantitative estimate of drug-likeness (QED) is 0.764. The van der Waals surface area contributed by atoms with Gasteiger partial charge in [0.15, 0.2) is 6.29 Å². The number of ether oxygens (including phenoxy) is 1. The van der Waals surface area contributed by atoms with Crippen LogP contribution in [0.15, 0.2) is 0 Å². The first kappa shape index (κ1) is 14.8. The summed E-state index contributed by atoms with van der Waals surface area (Å²) >= 11 is 0. The average Bonchev–Trinajstić information content (AvgIpc) is 2.97. The minimum absolute atomic E-state index is 0.134. The number of aliphatic hydroxyl groups excluding tert-OH is 1. The van der Waals surface area contributed by atoms with E-state index in [0.29, 0.717) is 12.0 Å². The third-order valence-electron chi connectivity index (χ3n) is 6.27. The second-order valence-electron chi connectivity index (χ2n) is 8.77. The van der Waals surface area contributed by atoms with Crippen LogP contribution in [0.5, 0.6) is 0 Å². The smallest absolute Gasteiger partial charge is 0.160 e. The first-order valence-corrected chi connectivity index (χ1v) is 8.72. The normalized spacial score (nSPS) is 41.4. The van der Waals surface area contributed by atoms with Crippen molar-refractivity contribution in [1.29, 1.82) is 0 Å². The molecule has 2 bridgehead atoms. The van der Waals surface area contributed by atoms with Crippen LogP contribution in [0.25, 0.3) is 0 Å². The van der Waals surface area contributed by atoms with Gasteiger partial charge in [-0.25, -0.2) is 0 Å². The zero-order valence-corrected chi connectivity index (χ0v) is 13.6. The minimum Gasteiger partial charge on any atom is -0.367 e. The number of aliphatic hydroxyl groups is 1.